The van der Waals surface area contributed by atoms with E-state index < -0.39 is 6.03 Å². The van der Waals surface area contributed by atoms with Crippen LogP contribution in [0.1, 0.15) is 15.9 Å². The third-order valence-corrected chi connectivity index (χ3v) is 4.76. The third-order valence-electron chi connectivity index (χ3n) is 4.51. The molecule has 0 heterocycles. The van der Waals surface area contributed by atoms with Crippen molar-refractivity contribution in [3.8, 4) is 0 Å². The number of halogens is 1. The Kier molecular flexibility index (Phi) is 7.65. The first-order valence-corrected chi connectivity index (χ1v) is 10.2. The minimum atomic E-state index is -0.419. The van der Waals surface area contributed by atoms with Crippen molar-refractivity contribution >= 4 is 34.9 Å². The highest BCUT2D eigenvalue weighted by Crippen LogP contribution is 2.19. The average molecular weight is 437 g/mol. The van der Waals surface area contributed by atoms with Gasteiger partial charge in [-0.05, 0) is 68.2 Å². The zero-order chi connectivity index (χ0) is 22.2. The maximum absolute atomic E-state index is 13.1. The number of amides is 3. The highest BCUT2D eigenvalue weighted by Gasteiger charge is 2.18. The largest absolute Gasteiger partial charge is 0.320 e. The molecule has 7 heteroatoms. The van der Waals surface area contributed by atoms with E-state index in [0.717, 1.165) is 12.1 Å². The van der Waals surface area contributed by atoms with Gasteiger partial charge in [0.1, 0.15) is 0 Å². The normalized spacial score (nSPS) is 10.6. The van der Waals surface area contributed by atoms with Crippen molar-refractivity contribution in [3.63, 3.8) is 0 Å². The van der Waals surface area contributed by atoms with E-state index in [2.05, 4.69) is 15.5 Å². The van der Waals surface area contributed by atoms with E-state index in [1.165, 1.54) is 4.90 Å². The lowest BCUT2D eigenvalue weighted by atomic mass is 10.1. The summed E-state index contributed by atoms with van der Waals surface area (Å²) in [6.07, 6.45) is 0. The summed E-state index contributed by atoms with van der Waals surface area (Å²) in [4.78, 5) is 29.1. The second kappa shape index (κ2) is 10.6. The number of nitrogens with zero attached hydrogens (tertiary/aromatic N) is 2. The molecule has 160 valence electrons. The summed E-state index contributed by atoms with van der Waals surface area (Å²) >= 11 is 5.88. The zero-order valence-electron chi connectivity index (χ0n) is 17.5. The molecule has 0 fully saturated rings. The minimum absolute atomic E-state index is 0.0141. The molecule has 3 rings (SSSR count). The first-order chi connectivity index (χ1) is 14.9. The molecule has 0 unspecified atom stereocenters. The molecule has 3 aromatic carbocycles. The van der Waals surface area contributed by atoms with Gasteiger partial charge >= 0.3 is 6.03 Å². The Morgan fingerprint density at radius 1 is 0.871 bits per heavy atom. The van der Waals surface area contributed by atoms with Crippen molar-refractivity contribution in [3.05, 3.63) is 95.0 Å². The van der Waals surface area contributed by atoms with Crippen molar-refractivity contribution in [2.45, 2.75) is 6.54 Å². The molecule has 0 aliphatic heterocycles. The maximum Gasteiger partial charge on any atom is 0.320 e. The second-order valence-electron chi connectivity index (χ2n) is 7.30. The monoisotopic (exact) mass is 436 g/mol. The Labute approximate surface area is 187 Å². The minimum Gasteiger partial charge on any atom is -0.320 e. The molecule has 31 heavy (non-hydrogen) atoms. The average Bonchev–Trinajstić information content (AvgIpc) is 2.76. The van der Waals surface area contributed by atoms with Crippen molar-refractivity contribution in [2.24, 2.45) is 0 Å². The number of carbonyl (C=O) groups excluding carboxylic acids is 2. The third kappa shape index (κ3) is 6.57. The molecule has 0 bridgehead atoms. The fraction of sp³-hybridized carbons (Fsp3) is 0.167. The van der Waals surface area contributed by atoms with E-state index in [1.807, 2.05) is 56.6 Å². The summed E-state index contributed by atoms with van der Waals surface area (Å²) in [6.45, 7) is 0.814. The summed E-state index contributed by atoms with van der Waals surface area (Å²) in [7, 11) is 4.00. The van der Waals surface area contributed by atoms with E-state index in [9.17, 15) is 9.59 Å². The predicted octanol–water partition coefficient (Wildman–Crippen LogP) is 4.83. The number of benzene rings is 3. The highest BCUT2D eigenvalue weighted by atomic mass is 35.5. The molecular weight excluding hydrogens is 412 g/mol. The van der Waals surface area contributed by atoms with Crippen LogP contribution in [0, 0.1) is 0 Å². The molecule has 6 nitrogen and oxygen atoms in total. The van der Waals surface area contributed by atoms with Crippen molar-refractivity contribution in [1.29, 1.82) is 0 Å². The number of rotatable bonds is 7. The highest BCUT2D eigenvalue weighted by molar-refractivity contribution is 6.30. The van der Waals surface area contributed by atoms with Crippen LogP contribution < -0.4 is 15.5 Å². The van der Waals surface area contributed by atoms with Crippen LogP contribution in [0.3, 0.4) is 0 Å². The Balaban J connectivity index is 1.74. The molecule has 0 saturated carbocycles. The lowest BCUT2D eigenvalue weighted by molar-refractivity contribution is 0.0986. The Bertz CT molecular complexity index is 1010. The number of hydrogen-bond acceptors (Lipinski definition) is 3. The van der Waals surface area contributed by atoms with Crippen LogP contribution in [0.5, 0.6) is 0 Å². The Morgan fingerprint density at radius 3 is 2.13 bits per heavy atom. The molecule has 3 aromatic rings. The zero-order valence-corrected chi connectivity index (χ0v) is 18.3. The lowest BCUT2D eigenvalue weighted by Crippen LogP contribution is -2.43. The molecule has 0 atom stereocenters. The van der Waals surface area contributed by atoms with Crippen molar-refractivity contribution in [2.75, 3.05) is 31.0 Å². The summed E-state index contributed by atoms with van der Waals surface area (Å²) < 4.78 is 0. The summed E-state index contributed by atoms with van der Waals surface area (Å²) in [6, 6.07) is 23.1. The van der Waals surface area contributed by atoms with Crippen LogP contribution in [-0.4, -0.2) is 37.6 Å². The molecule has 0 saturated heterocycles. The van der Waals surface area contributed by atoms with Gasteiger partial charge in [0.15, 0.2) is 0 Å². The Hall–Kier alpha value is -3.35. The van der Waals surface area contributed by atoms with Gasteiger partial charge in [-0.25, -0.2) is 4.79 Å². The van der Waals surface area contributed by atoms with Gasteiger partial charge in [-0.3, -0.25) is 9.69 Å². The van der Waals surface area contributed by atoms with E-state index in [4.69, 9.17) is 11.6 Å². The number of hydrogen-bond donors (Lipinski definition) is 2. The van der Waals surface area contributed by atoms with Gasteiger partial charge in [0.2, 0.25) is 0 Å². The number of carbonyl (C=O) groups is 2. The number of nitrogens with one attached hydrogen (secondary N) is 2. The number of anilines is 2. The van der Waals surface area contributed by atoms with Gasteiger partial charge in [0.05, 0.1) is 6.67 Å². The fourth-order valence-electron chi connectivity index (χ4n) is 3.02. The van der Waals surface area contributed by atoms with Crippen LogP contribution in [0.15, 0.2) is 78.9 Å². The quantitative estimate of drug-likeness (QED) is 0.521. The van der Waals surface area contributed by atoms with Crippen LogP contribution in [0.25, 0.3) is 0 Å². The van der Waals surface area contributed by atoms with Crippen LogP contribution >= 0.6 is 11.6 Å². The molecule has 3 amide bonds. The SMILES string of the molecule is CN(C)Cc1ccc(N(CNC(=O)Nc2ccc(Cl)cc2)C(=O)c2ccccc2)cc1. The topological polar surface area (TPSA) is 64.7 Å². The van der Waals surface area contributed by atoms with Gasteiger partial charge in [-0.15, -0.1) is 0 Å². The smallest absolute Gasteiger partial charge is 0.320 e. The van der Waals surface area contributed by atoms with Gasteiger partial charge in [0, 0.05) is 28.5 Å². The standard InChI is InChI=1S/C24H25ClN4O2/c1-28(2)16-18-8-14-22(15-9-18)29(23(30)19-6-4-3-5-7-19)17-26-24(31)27-21-12-10-20(25)11-13-21/h3-15H,16-17H2,1-2H3,(H2,26,27,31). The first-order valence-electron chi connectivity index (χ1n) is 9.83. The molecule has 0 spiro atoms. The lowest BCUT2D eigenvalue weighted by Gasteiger charge is -2.24. The van der Waals surface area contributed by atoms with Gasteiger partial charge in [0.25, 0.3) is 5.91 Å². The van der Waals surface area contributed by atoms with Crippen molar-refractivity contribution in [1.82, 2.24) is 10.2 Å². The molecular formula is C24H25ClN4O2. The summed E-state index contributed by atoms with van der Waals surface area (Å²) in [5, 5.41) is 6.08. The molecule has 2 N–H and O–H groups in total. The molecule has 0 aromatic heterocycles. The molecule has 0 aliphatic carbocycles. The second-order valence-corrected chi connectivity index (χ2v) is 7.74. The molecule has 0 aliphatic rings. The Morgan fingerprint density at radius 2 is 1.52 bits per heavy atom. The van der Waals surface area contributed by atoms with Crippen LogP contribution in [0.2, 0.25) is 5.02 Å². The van der Waals surface area contributed by atoms with E-state index in [1.54, 1.807) is 36.4 Å². The summed E-state index contributed by atoms with van der Waals surface area (Å²) in [5.41, 5.74) is 2.98. The number of urea groups is 1. The van der Waals surface area contributed by atoms with Gasteiger partial charge in [-0.1, -0.05) is 41.9 Å². The fourth-order valence-corrected chi connectivity index (χ4v) is 3.15. The van der Waals surface area contributed by atoms with Gasteiger partial charge in [-0.2, -0.15) is 0 Å². The van der Waals surface area contributed by atoms with Crippen LogP contribution in [-0.2, 0) is 6.54 Å². The maximum atomic E-state index is 13.1. The van der Waals surface area contributed by atoms with Crippen molar-refractivity contribution < 1.29 is 9.59 Å². The van der Waals surface area contributed by atoms with E-state index >= 15 is 0 Å². The summed E-state index contributed by atoms with van der Waals surface area (Å²) in [5.74, 6) is -0.201. The first kappa shape index (κ1) is 22.3. The van der Waals surface area contributed by atoms with Crippen LogP contribution in [0.4, 0.5) is 16.2 Å². The van der Waals surface area contributed by atoms with E-state index in [-0.39, 0.29) is 12.6 Å². The molecule has 0 radical (unpaired) electrons. The van der Waals surface area contributed by atoms with E-state index in [0.29, 0.717) is 22.0 Å². The van der Waals surface area contributed by atoms with Gasteiger partial charge < -0.3 is 15.5 Å². The predicted molar refractivity (Wildman–Crippen MR) is 126 cm³/mol.